The highest BCUT2D eigenvalue weighted by Crippen LogP contribution is 2.21. The van der Waals surface area contributed by atoms with E-state index in [1.165, 1.54) is 18.5 Å². The number of nitrogens with zero attached hydrogens (tertiary/aromatic N) is 4. The molecule has 0 bridgehead atoms. The van der Waals surface area contributed by atoms with Crippen molar-refractivity contribution >= 4 is 16.9 Å². The van der Waals surface area contributed by atoms with Crippen molar-refractivity contribution in [2.45, 2.75) is 6.29 Å². The molecule has 2 aromatic heterocycles. The summed E-state index contributed by atoms with van der Waals surface area (Å²) in [6.07, 6.45) is 2.73. The first kappa shape index (κ1) is 15.3. The number of methoxy groups -OCH3 is 2. The average Bonchev–Trinajstić information content (AvgIpc) is 3.01. The third-order valence-corrected chi connectivity index (χ3v) is 3.40. The molecule has 2 heterocycles. The van der Waals surface area contributed by atoms with Crippen molar-refractivity contribution in [1.82, 2.24) is 19.7 Å². The fraction of sp³-hybridized carbons (Fsp3) is 0.267. The van der Waals surface area contributed by atoms with Crippen molar-refractivity contribution in [3.8, 4) is 5.69 Å². The van der Waals surface area contributed by atoms with Crippen LogP contribution in [0.1, 0.15) is 0 Å². The predicted molar refractivity (Wildman–Crippen MR) is 82.9 cm³/mol. The smallest absolute Gasteiger partial charge is 0.173 e. The van der Waals surface area contributed by atoms with Crippen LogP contribution in [0.4, 0.5) is 10.2 Å². The third kappa shape index (κ3) is 3.13. The molecule has 8 heteroatoms. The van der Waals surface area contributed by atoms with E-state index in [2.05, 4.69) is 20.4 Å². The maximum absolute atomic E-state index is 13.1. The summed E-state index contributed by atoms with van der Waals surface area (Å²) in [6.45, 7) is 0.431. The fourth-order valence-corrected chi connectivity index (χ4v) is 2.20. The Kier molecular flexibility index (Phi) is 4.45. The highest BCUT2D eigenvalue weighted by atomic mass is 19.1. The van der Waals surface area contributed by atoms with Crippen molar-refractivity contribution in [1.29, 1.82) is 0 Å². The van der Waals surface area contributed by atoms with Crippen LogP contribution in [-0.2, 0) is 9.47 Å². The van der Waals surface area contributed by atoms with Crippen LogP contribution < -0.4 is 5.32 Å². The van der Waals surface area contributed by atoms with E-state index in [-0.39, 0.29) is 12.1 Å². The minimum Gasteiger partial charge on any atom is -0.364 e. The average molecular weight is 317 g/mol. The first-order valence-corrected chi connectivity index (χ1v) is 6.97. The molecule has 0 unspecified atom stereocenters. The number of fused-ring (bicyclic) bond motifs is 1. The van der Waals surface area contributed by atoms with Gasteiger partial charge in [-0.05, 0) is 24.3 Å². The lowest BCUT2D eigenvalue weighted by Gasteiger charge is -2.14. The molecule has 0 saturated heterocycles. The molecular weight excluding hydrogens is 301 g/mol. The lowest BCUT2D eigenvalue weighted by Crippen LogP contribution is -2.24. The van der Waals surface area contributed by atoms with Crippen LogP contribution in [-0.4, -0.2) is 46.8 Å². The van der Waals surface area contributed by atoms with Crippen LogP contribution in [0.5, 0.6) is 0 Å². The number of aromatic nitrogens is 4. The second kappa shape index (κ2) is 6.67. The lowest BCUT2D eigenvalue weighted by atomic mass is 10.3. The summed E-state index contributed by atoms with van der Waals surface area (Å²) in [5.74, 6) is 0.329. The number of benzene rings is 1. The maximum Gasteiger partial charge on any atom is 0.173 e. The van der Waals surface area contributed by atoms with Crippen LogP contribution in [0.3, 0.4) is 0 Å². The van der Waals surface area contributed by atoms with E-state index < -0.39 is 0 Å². The zero-order valence-electron chi connectivity index (χ0n) is 12.7. The Balaban J connectivity index is 1.92. The second-order valence-corrected chi connectivity index (χ2v) is 4.77. The molecule has 120 valence electrons. The summed E-state index contributed by atoms with van der Waals surface area (Å²) in [7, 11) is 3.13. The van der Waals surface area contributed by atoms with Crippen LogP contribution in [0.15, 0.2) is 36.8 Å². The quantitative estimate of drug-likeness (QED) is 0.701. The SMILES string of the molecule is COC(CNc1ncnc2c1cnn2-c1ccc(F)cc1)OC. The Morgan fingerprint density at radius 1 is 1.17 bits per heavy atom. The number of rotatable bonds is 6. The number of hydrogen-bond donors (Lipinski definition) is 1. The third-order valence-electron chi connectivity index (χ3n) is 3.40. The highest BCUT2D eigenvalue weighted by molar-refractivity contribution is 5.87. The van der Waals surface area contributed by atoms with Gasteiger partial charge in [0.2, 0.25) is 0 Å². The zero-order valence-corrected chi connectivity index (χ0v) is 12.7. The molecule has 0 spiro atoms. The standard InChI is InChI=1S/C15H16FN5O2/c1-22-13(23-2)8-17-14-12-7-20-21(15(12)19-9-18-14)11-5-3-10(16)4-6-11/h3-7,9,13H,8H2,1-2H3,(H,17,18,19). The topological polar surface area (TPSA) is 74.1 Å². The van der Waals surface area contributed by atoms with Gasteiger partial charge in [-0.3, -0.25) is 0 Å². The van der Waals surface area contributed by atoms with E-state index in [9.17, 15) is 4.39 Å². The molecule has 0 aliphatic heterocycles. The summed E-state index contributed by atoms with van der Waals surface area (Å²) >= 11 is 0. The van der Waals surface area contributed by atoms with Gasteiger partial charge in [-0.1, -0.05) is 0 Å². The molecule has 0 aliphatic carbocycles. The van der Waals surface area contributed by atoms with Crippen LogP contribution in [0, 0.1) is 5.82 Å². The number of nitrogens with one attached hydrogen (secondary N) is 1. The number of ether oxygens (including phenoxy) is 2. The molecule has 0 aliphatic rings. The number of halogens is 1. The van der Waals surface area contributed by atoms with Crippen molar-refractivity contribution in [2.75, 3.05) is 26.1 Å². The van der Waals surface area contributed by atoms with Gasteiger partial charge in [-0.25, -0.2) is 19.0 Å². The lowest BCUT2D eigenvalue weighted by molar-refractivity contribution is -0.0914. The molecule has 0 amide bonds. The molecular formula is C15H16FN5O2. The largest absolute Gasteiger partial charge is 0.364 e. The molecule has 3 rings (SSSR count). The van der Waals surface area contributed by atoms with Crippen LogP contribution >= 0.6 is 0 Å². The van der Waals surface area contributed by atoms with E-state index in [0.717, 1.165) is 11.1 Å². The Hall–Kier alpha value is -2.58. The summed E-state index contributed by atoms with van der Waals surface area (Å²) < 4.78 is 25.0. The van der Waals surface area contributed by atoms with E-state index >= 15 is 0 Å². The van der Waals surface area contributed by atoms with Crippen molar-refractivity contribution in [3.05, 3.63) is 42.6 Å². The van der Waals surface area contributed by atoms with Gasteiger partial charge in [0.1, 0.15) is 18.0 Å². The molecule has 1 aromatic carbocycles. The van der Waals surface area contributed by atoms with Gasteiger partial charge in [-0.2, -0.15) is 5.10 Å². The van der Waals surface area contributed by atoms with Crippen molar-refractivity contribution < 1.29 is 13.9 Å². The zero-order chi connectivity index (χ0) is 16.2. The monoisotopic (exact) mass is 317 g/mol. The van der Waals surface area contributed by atoms with Crippen molar-refractivity contribution in [2.24, 2.45) is 0 Å². The molecule has 23 heavy (non-hydrogen) atoms. The molecule has 0 radical (unpaired) electrons. The summed E-state index contributed by atoms with van der Waals surface area (Å²) in [5.41, 5.74) is 1.35. The van der Waals surface area contributed by atoms with E-state index in [0.29, 0.717) is 18.0 Å². The molecule has 0 atom stereocenters. The number of hydrogen-bond acceptors (Lipinski definition) is 6. The van der Waals surface area contributed by atoms with Gasteiger partial charge in [0.05, 0.1) is 23.8 Å². The minimum atomic E-state index is -0.382. The van der Waals surface area contributed by atoms with Gasteiger partial charge in [-0.15, -0.1) is 0 Å². The summed E-state index contributed by atoms with van der Waals surface area (Å²) in [5, 5.41) is 8.21. The molecule has 3 aromatic rings. The van der Waals surface area contributed by atoms with Gasteiger partial charge < -0.3 is 14.8 Å². The van der Waals surface area contributed by atoms with Gasteiger partial charge in [0.25, 0.3) is 0 Å². The first-order valence-electron chi connectivity index (χ1n) is 6.97. The van der Waals surface area contributed by atoms with E-state index in [1.807, 2.05) is 0 Å². The Bertz CT molecular complexity index is 786. The number of anilines is 1. The van der Waals surface area contributed by atoms with Gasteiger partial charge in [0.15, 0.2) is 11.9 Å². The van der Waals surface area contributed by atoms with E-state index in [1.54, 1.807) is 37.2 Å². The Morgan fingerprint density at radius 3 is 2.61 bits per heavy atom. The Morgan fingerprint density at radius 2 is 1.91 bits per heavy atom. The predicted octanol–water partition coefficient (Wildman–Crippen LogP) is 1.99. The highest BCUT2D eigenvalue weighted by Gasteiger charge is 2.12. The minimum absolute atomic E-state index is 0.299. The summed E-state index contributed by atoms with van der Waals surface area (Å²) in [6, 6.07) is 6.04. The maximum atomic E-state index is 13.1. The summed E-state index contributed by atoms with van der Waals surface area (Å²) in [4.78, 5) is 8.48. The first-order chi connectivity index (χ1) is 11.2. The normalized spacial score (nSPS) is 11.3. The molecule has 0 saturated carbocycles. The van der Waals surface area contributed by atoms with Crippen LogP contribution in [0.2, 0.25) is 0 Å². The van der Waals surface area contributed by atoms with Crippen LogP contribution in [0.25, 0.3) is 16.7 Å². The second-order valence-electron chi connectivity index (χ2n) is 4.77. The van der Waals surface area contributed by atoms with Gasteiger partial charge >= 0.3 is 0 Å². The van der Waals surface area contributed by atoms with Gasteiger partial charge in [0, 0.05) is 14.2 Å². The fourth-order valence-electron chi connectivity index (χ4n) is 2.20. The van der Waals surface area contributed by atoms with E-state index in [4.69, 9.17) is 9.47 Å². The molecule has 1 N–H and O–H groups in total. The molecule has 0 fully saturated rings. The molecule has 7 nitrogen and oxygen atoms in total. The van der Waals surface area contributed by atoms with Crippen molar-refractivity contribution in [3.63, 3.8) is 0 Å². The Labute approximate surface area is 132 Å².